The van der Waals surface area contributed by atoms with Crippen molar-refractivity contribution in [1.29, 1.82) is 0 Å². The maximum absolute atomic E-state index is 5.92. The van der Waals surface area contributed by atoms with Gasteiger partial charge in [-0.15, -0.1) is 11.8 Å². The molecule has 0 saturated heterocycles. The summed E-state index contributed by atoms with van der Waals surface area (Å²) >= 11 is 3.55. The van der Waals surface area contributed by atoms with E-state index in [1.807, 2.05) is 18.7 Å². The molecule has 2 aromatic rings. The molecule has 0 amide bonds. The predicted octanol–water partition coefficient (Wildman–Crippen LogP) is 5.84. The monoisotopic (exact) mass is 350 g/mol. The second-order valence-corrected chi connectivity index (χ2v) is 7.41. The molecule has 2 unspecified atom stereocenters. The maximum atomic E-state index is 5.92. The van der Waals surface area contributed by atoms with Gasteiger partial charge in [0.15, 0.2) is 0 Å². The molecule has 0 radical (unpaired) electrons. The smallest absolute Gasteiger partial charge is 0.119 e. The molecule has 126 valence electrons. The molecule has 0 N–H and O–H groups in total. The van der Waals surface area contributed by atoms with Crippen LogP contribution in [0.1, 0.15) is 38.7 Å². The lowest BCUT2D eigenvalue weighted by molar-refractivity contribution is 0.0433. The van der Waals surface area contributed by atoms with Crippen molar-refractivity contribution in [2.45, 2.75) is 44.1 Å². The maximum Gasteiger partial charge on any atom is 0.119 e. The van der Waals surface area contributed by atoms with Crippen LogP contribution < -0.4 is 4.74 Å². The van der Waals surface area contributed by atoms with E-state index in [-0.39, 0.29) is 6.10 Å². The van der Waals surface area contributed by atoms with Gasteiger partial charge in [0.2, 0.25) is 0 Å². The van der Waals surface area contributed by atoms with Gasteiger partial charge in [0.1, 0.15) is 18.5 Å². The lowest BCUT2D eigenvalue weighted by Crippen LogP contribution is -2.24. The third kappa shape index (κ3) is 6.21. The Bertz CT molecular complexity index is 537. The number of ether oxygens (including phenoxy) is 2. The quantitative estimate of drug-likeness (QED) is 0.502. The Morgan fingerprint density at radius 3 is 2.52 bits per heavy atom. The highest BCUT2D eigenvalue weighted by Crippen LogP contribution is 2.24. The Labute approximate surface area is 148 Å². The minimum atomic E-state index is 0.110. The summed E-state index contributed by atoms with van der Waals surface area (Å²) in [5.41, 5.74) is 1.37. The number of hydrogen-bond acceptors (Lipinski definition) is 4. The van der Waals surface area contributed by atoms with E-state index in [1.54, 1.807) is 11.3 Å². The minimum absolute atomic E-state index is 0.110. The lowest BCUT2D eigenvalue weighted by Gasteiger charge is -2.17. The van der Waals surface area contributed by atoms with E-state index < -0.39 is 0 Å². The molecule has 0 fully saturated rings. The number of rotatable bonds is 10. The molecule has 0 saturated carbocycles. The molecule has 4 heteroatoms. The Kier molecular flexibility index (Phi) is 8.00. The van der Waals surface area contributed by atoms with Crippen molar-refractivity contribution in [2.75, 3.05) is 19.0 Å². The van der Waals surface area contributed by atoms with Crippen molar-refractivity contribution in [3.05, 3.63) is 46.7 Å². The summed E-state index contributed by atoms with van der Waals surface area (Å²) in [7, 11) is 0. The van der Waals surface area contributed by atoms with Gasteiger partial charge < -0.3 is 9.47 Å². The molecule has 2 rings (SSSR count). The van der Waals surface area contributed by atoms with Crippen LogP contribution in [0, 0.1) is 0 Å². The molecule has 2 atom stereocenters. The molecule has 23 heavy (non-hydrogen) atoms. The van der Waals surface area contributed by atoms with Crippen LogP contribution in [0.5, 0.6) is 5.75 Å². The Hall–Kier alpha value is -0.970. The zero-order chi connectivity index (χ0) is 16.5. The lowest BCUT2D eigenvalue weighted by atomic mass is 9.99. The highest BCUT2D eigenvalue weighted by molar-refractivity contribution is 7.99. The van der Waals surface area contributed by atoms with Crippen LogP contribution in [0.2, 0.25) is 0 Å². The summed E-state index contributed by atoms with van der Waals surface area (Å²) in [6, 6.07) is 10.6. The second kappa shape index (κ2) is 10.0. The largest absolute Gasteiger partial charge is 0.491 e. The van der Waals surface area contributed by atoms with Gasteiger partial charge in [-0.3, -0.25) is 0 Å². The van der Waals surface area contributed by atoms with Crippen LogP contribution in [0.15, 0.2) is 46.0 Å². The molecule has 0 aliphatic heterocycles. The fourth-order valence-electron chi connectivity index (χ4n) is 2.22. The highest BCUT2D eigenvalue weighted by Gasteiger charge is 2.11. The van der Waals surface area contributed by atoms with Gasteiger partial charge in [-0.2, -0.15) is 11.3 Å². The topological polar surface area (TPSA) is 18.5 Å². The molecule has 1 heterocycles. The number of thiophene rings is 1. The first-order valence-corrected chi connectivity index (χ1v) is 10.1. The summed E-state index contributed by atoms with van der Waals surface area (Å²) in [5.74, 6) is 2.43. The van der Waals surface area contributed by atoms with Crippen LogP contribution in [-0.2, 0) is 4.74 Å². The van der Waals surface area contributed by atoms with Gasteiger partial charge in [0.25, 0.3) is 0 Å². The zero-order valence-electron chi connectivity index (χ0n) is 14.2. The van der Waals surface area contributed by atoms with Crippen LogP contribution in [0.3, 0.4) is 0 Å². The van der Waals surface area contributed by atoms with Crippen molar-refractivity contribution in [1.82, 2.24) is 0 Å². The van der Waals surface area contributed by atoms with E-state index in [1.165, 1.54) is 10.5 Å². The molecule has 0 spiro atoms. The zero-order valence-corrected chi connectivity index (χ0v) is 15.8. The molecule has 0 aliphatic rings. The van der Waals surface area contributed by atoms with Crippen molar-refractivity contribution in [2.24, 2.45) is 0 Å². The van der Waals surface area contributed by atoms with E-state index in [0.717, 1.165) is 17.9 Å². The first-order chi connectivity index (χ1) is 11.2. The molecule has 1 aromatic carbocycles. The average molecular weight is 351 g/mol. The van der Waals surface area contributed by atoms with Crippen molar-refractivity contribution >= 4 is 23.1 Å². The summed E-state index contributed by atoms with van der Waals surface area (Å²) in [4.78, 5) is 1.30. The normalized spacial score (nSPS) is 13.7. The van der Waals surface area contributed by atoms with Crippen LogP contribution in [0.25, 0.3) is 0 Å². The first-order valence-electron chi connectivity index (χ1n) is 8.22. The van der Waals surface area contributed by atoms with Gasteiger partial charge in [0, 0.05) is 22.6 Å². The number of thioether (sulfide) groups is 1. The highest BCUT2D eigenvalue weighted by atomic mass is 32.2. The van der Waals surface area contributed by atoms with Gasteiger partial charge in [0.05, 0.1) is 0 Å². The summed E-state index contributed by atoms with van der Waals surface area (Å²) < 4.78 is 11.7. The summed E-state index contributed by atoms with van der Waals surface area (Å²) in [6.45, 7) is 7.80. The van der Waals surface area contributed by atoms with Crippen LogP contribution in [0.4, 0.5) is 0 Å². The van der Waals surface area contributed by atoms with Crippen molar-refractivity contribution in [3.8, 4) is 5.75 Å². The van der Waals surface area contributed by atoms with Crippen molar-refractivity contribution in [3.63, 3.8) is 0 Å². The van der Waals surface area contributed by atoms with Crippen LogP contribution in [-0.4, -0.2) is 25.1 Å². The standard InChI is InChI=1S/C19H26O2S2/c1-4-15(3)16-6-8-17(9-7-16)21-12-18(20-5-2)13-23-19-10-11-22-14-19/h6-11,14-15,18H,4-5,12-13H2,1-3H3. The molecule has 2 nitrogen and oxygen atoms in total. The molecule has 1 aromatic heterocycles. The predicted molar refractivity (Wildman–Crippen MR) is 101 cm³/mol. The van der Waals surface area contributed by atoms with E-state index >= 15 is 0 Å². The van der Waals surface area contributed by atoms with Crippen LogP contribution >= 0.6 is 23.1 Å². The number of hydrogen-bond donors (Lipinski definition) is 0. The minimum Gasteiger partial charge on any atom is -0.491 e. The van der Waals surface area contributed by atoms with E-state index in [0.29, 0.717) is 19.1 Å². The fourth-order valence-corrected chi connectivity index (χ4v) is 4.00. The van der Waals surface area contributed by atoms with E-state index in [2.05, 4.69) is 54.9 Å². The Morgan fingerprint density at radius 2 is 1.91 bits per heavy atom. The molecule has 0 aliphatic carbocycles. The molecule has 0 bridgehead atoms. The summed E-state index contributed by atoms with van der Waals surface area (Å²) in [5, 5.41) is 4.27. The summed E-state index contributed by atoms with van der Waals surface area (Å²) in [6.07, 6.45) is 1.27. The van der Waals surface area contributed by atoms with E-state index in [4.69, 9.17) is 9.47 Å². The van der Waals surface area contributed by atoms with Gasteiger partial charge in [-0.1, -0.05) is 26.0 Å². The fraction of sp³-hybridized carbons (Fsp3) is 0.474. The van der Waals surface area contributed by atoms with Gasteiger partial charge in [-0.25, -0.2) is 0 Å². The number of benzene rings is 1. The first kappa shape index (κ1) is 18.4. The van der Waals surface area contributed by atoms with Gasteiger partial charge in [-0.05, 0) is 48.4 Å². The third-order valence-corrected chi connectivity index (χ3v) is 5.79. The average Bonchev–Trinajstić information content (AvgIpc) is 3.10. The van der Waals surface area contributed by atoms with Crippen molar-refractivity contribution < 1.29 is 9.47 Å². The Balaban J connectivity index is 1.82. The molecular weight excluding hydrogens is 324 g/mol. The SMILES string of the molecule is CCOC(COc1ccc(C(C)CC)cc1)CSc1ccsc1. The third-order valence-electron chi connectivity index (χ3n) is 3.83. The molecular formula is C19H26O2S2. The van der Waals surface area contributed by atoms with E-state index in [9.17, 15) is 0 Å². The second-order valence-electron chi connectivity index (χ2n) is 5.54. The van der Waals surface area contributed by atoms with Gasteiger partial charge >= 0.3 is 0 Å². The Morgan fingerprint density at radius 1 is 1.13 bits per heavy atom.